The zero-order valence-electron chi connectivity index (χ0n) is 8.58. The molecule has 0 bridgehead atoms. The maximum atomic E-state index is 12.9. The van der Waals surface area contributed by atoms with Crippen molar-refractivity contribution in [3.8, 4) is 0 Å². The van der Waals surface area contributed by atoms with Crippen LogP contribution < -0.4 is 5.32 Å². The fourth-order valence-corrected chi connectivity index (χ4v) is 2.09. The Bertz CT molecular complexity index is 471. The van der Waals surface area contributed by atoms with E-state index in [1.807, 2.05) is 18.2 Å². The largest absolute Gasteiger partial charge is 0.380 e. The summed E-state index contributed by atoms with van der Waals surface area (Å²) in [5, 5.41) is 3.28. The van der Waals surface area contributed by atoms with Gasteiger partial charge in [0, 0.05) is 15.8 Å². The Balaban J connectivity index is 2.05. The predicted molar refractivity (Wildman–Crippen MR) is 72.9 cm³/mol. The Morgan fingerprint density at radius 3 is 2.50 bits per heavy atom. The van der Waals surface area contributed by atoms with Crippen LogP contribution in [0.5, 0.6) is 0 Å². The van der Waals surface area contributed by atoms with E-state index in [1.165, 1.54) is 17.7 Å². The molecule has 0 unspecified atom stereocenters. The van der Waals surface area contributed by atoms with Gasteiger partial charge in [-0.3, -0.25) is 0 Å². The van der Waals surface area contributed by atoms with E-state index in [0.29, 0.717) is 0 Å². The molecule has 0 aromatic heterocycles. The summed E-state index contributed by atoms with van der Waals surface area (Å²) in [6.07, 6.45) is 0. The van der Waals surface area contributed by atoms with Gasteiger partial charge >= 0.3 is 0 Å². The molecule has 16 heavy (non-hydrogen) atoms. The van der Waals surface area contributed by atoms with Gasteiger partial charge in [0.25, 0.3) is 0 Å². The lowest BCUT2D eigenvalue weighted by atomic mass is 10.2. The molecule has 2 aromatic rings. The lowest BCUT2D eigenvalue weighted by Crippen LogP contribution is -2.00. The van der Waals surface area contributed by atoms with Crippen LogP contribution in [0.3, 0.4) is 0 Å². The Morgan fingerprint density at radius 1 is 1.06 bits per heavy atom. The molecule has 1 nitrogen and oxygen atoms in total. The van der Waals surface area contributed by atoms with E-state index in [-0.39, 0.29) is 5.82 Å². The van der Waals surface area contributed by atoms with Gasteiger partial charge in [-0.1, -0.05) is 30.3 Å². The van der Waals surface area contributed by atoms with Crippen molar-refractivity contribution < 1.29 is 4.39 Å². The minimum atomic E-state index is -0.199. The smallest absolute Gasteiger partial charge is 0.124 e. The summed E-state index contributed by atoms with van der Waals surface area (Å²) >= 11 is 2.13. The van der Waals surface area contributed by atoms with Crippen molar-refractivity contribution in [1.29, 1.82) is 0 Å². The molecule has 0 heterocycles. The summed E-state index contributed by atoms with van der Waals surface area (Å²) < 4.78 is 13.8. The van der Waals surface area contributed by atoms with Crippen molar-refractivity contribution in [3.05, 3.63) is 63.5 Å². The van der Waals surface area contributed by atoms with Gasteiger partial charge in [0.2, 0.25) is 0 Å². The van der Waals surface area contributed by atoms with Crippen molar-refractivity contribution in [2.75, 3.05) is 5.32 Å². The van der Waals surface area contributed by atoms with Crippen molar-refractivity contribution in [2.24, 2.45) is 0 Å². The molecule has 2 rings (SSSR count). The highest BCUT2D eigenvalue weighted by Crippen LogP contribution is 2.19. The van der Waals surface area contributed by atoms with Crippen molar-refractivity contribution in [3.63, 3.8) is 0 Å². The third kappa shape index (κ3) is 2.95. The first-order valence-electron chi connectivity index (χ1n) is 4.98. The highest BCUT2D eigenvalue weighted by Gasteiger charge is 2.00. The Morgan fingerprint density at radius 2 is 1.81 bits per heavy atom. The van der Waals surface area contributed by atoms with Gasteiger partial charge < -0.3 is 5.32 Å². The van der Waals surface area contributed by atoms with E-state index in [9.17, 15) is 4.39 Å². The molecule has 0 saturated heterocycles. The van der Waals surface area contributed by atoms with Gasteiger partial charge in [0.1, 0.15) is 5.82 Å². The van der Waals surface area contributed by atoms with E-state index in [1.54, 1.807) is 6.07 Å². The number of hydrogen-bond donors (Lipinski definition) is 1. The number of rotatable bonds is 3. The molecule has 0 radical (unpaired) electrons. The summed E-state index contributed by atoms with van der Waals surface area (Å²) in [5.41, 5.74) is 2.17. The van der Waals surface area contributed by atoms with Gasteiger partial charge in [0.15, 0.2) is 0 Å². The molecule has 0 fully saturated rings. The van der Waals surface area contributed by atoms with Crippen LogP contribution in [0.4, 0.5) is 10.1 Å². The second-order valence-electron chi connectivity index (χ2n) is 3.46. The number of nitrogens with one attached hydrogen (secondary N) is 1. The van der Waals surface area contributed by atoms with Crippen LogP contribution in [-0.2, 0) is 6.54 Å². The highest BCUT2D eigenvalue weighted by molar-refractivity contribution is 14.1. The SMILES string of the molecule is Fc1ccc(NCc2ccccc2)c(I)c1. The van der Waals surface area contributed by atoms with Crippen LogP contribution >= 0.6 is 22.6 Å². The lowest BCUT2D eigenvalue weighted by Gasteiger charge is -2.08. The zero-order chi connectivity index (χ0) is 11.4. The van der Waals surface area contributed by atoms with Crippen LogP contribution in [0.25, 0.3) is 0 Å². The third-order valence-electron chi connectivity index (χ3n) is 2.26. The second kappa shape index (κ2) is 5.30. The molecular weight excluding hydrogens is 316 g/mol. The fourth-order valence-electron chi connectivity index (χ4n) is 1.43. The standard InChI is InChI=1S/C13H11FIN/c14-11-6-7-13(12(15)8-11)16-9-10-4-2-1-3-5-10/h1-8,16H,9H2. The first kappa shape index (κ1) is 11.4. The van der Waals surface area contributed by atoms with E-state index < -0.39 is 0 Å². The molecule has 3 heteroatoms. The number of benzene rings is 2. The van der Waals surface area contributed by atoms with Crippen LogP contribution in [-0.4, -0.2) is 0 Å². The average molecular weight is 327 g/mol. The molecule has 0 aliphatic carbocycles. The highest BCUT2D eigenvalue weighted by atomic mass is 127. The number of halogens is 2. The van der Waals surface area contributed by atoms with Gasteiger partial charge in [-0.05, 0) is 46.4 Å². The van der Waals surface area contributed by atoms with Crippen LogP contribution in [0.15, 0.2) is 48.5 Å². The van der Waals surface area contributed by atoms with Gasteiger partial charge in [-0.2, -0.15) is 0 Å². The monoisotopic (exact) mass is 327 g/mol. The summed E-state index contributed by atoms with van der Waals surface area (Å²) in [7, 11) is 0. The Labute approximate surface area is 108 Å². The zero-order valence-corrected chi connectivity index (χ0v) is 10.7. The summed E-state index contributed by atoms with van der Waals surface area (Å²) in [6, 6.07) is 14.9. The minimum Gasteiger partial charge on any atom is -0.380 e. The quantitative estimate of drug-likeness (QED) is 0.839. The summed E-state index contributed by atoms with van der Waals surface area (Å²) in [5.74, 6) is -0.199. The Hall–Kier alpha value is -1.10. The van der Waals surface area contributed by atoms with Crippen molar-refractivity contribution in [2.45, 2.75) is 6.54 Å². The average Bonchev–Trinajstić information content (AvgIpc) is 2.29. The van der Waals surface area contributed by atoms with E-state index >= 15 is 0 Å². The third-order valence-corrected chi connectivity index (χ3v) is 3.15. The second-order valence-corrected chi connectivity index (χ2v) is 4.63. The van der Waals surface area contributed by atoms with Gasteiger partial charge in [0.05, 0.1) is 0 Å². The van der Waals surface area contributed by atoms with Crippen molar-refractivity contribution in [1.82, 2.24) is 0 Å². The molecule has 1 N–H and O–H groups in total. The van der Waals surface area contributed by atoms with Gasteiger partial charge in [-0.15, -0.1) is 0 Å². The van der Waals surface area contributed by atoms with Crippen LogP contribution in [0.1, 0.15) is 5.56 Å². The molecule has 0 atom stereocenters. The van der Waals surface area contributed by atoms with E-state index in [2.05, 4.69) is 40.0 Å². The molecule has 0 aliphatic rings. The molecule has 0 aliphatic heterocycles. The number of hydrogen-bond acceptors (Lipinski definition) is 1. The molecule has 0 spiro atoms. The molecule has 82 valence electrons. The first-order chi connectivity index (χ1) is 7.75. The molecule has 0 amide bonds. The molecule has 0 saturated carbocycles. The summed E-state index contributed by atoms with van der Waals surface area (Å²) in [4.78, 5) is 0. The topological polar surface area (TPSA) is 12.0 Å². The van der Waals surface area contributed by atoms with E-state index in [4.69, 9.17) is 0 Å². The fraction of sp³-hybridized carbons (Fsp3) is 0.0769. The number of anilines is 1. The maximum Gasteiger partial charge on any atom is 0.124 e. The predicted octanol–water partition coefficient (Wildman–Crippen LogP) is 4.04. The van der Waals surface area contributed by atoms with Crippen LogP contribution in [0.2, 0.25) is 0 Å². The first-order valence-corrected chi connectivity index (χ1v) is 6.06. The lowest BCUT2D eigenvalue weighted by molar-refractivity contribution is 0.627. The minimum absolute atomic E-state index is 0.199. The van der Waals surface area contributed by atoms with Crippen molar-refractivity contribution >= 4 is 28.3 Å². The van der Waals surface area contributed by atoms with Crippen LogP contribution in [0, 0.1) is 9.39 Å². The maximum absolute atomic E-state index is 12.9. The summed E-state index contributed by atoms with van der Waals surface area (Å²) in [6.45, 7) is 0.752. The molecule has 2 aromatic carbocycles. The van der Waals surface area contributed by atoms with Gasteiger partial charge in [-0.25, -0.2) is 4.39 Å². The normalized spacial score (nSPS) is 10.1. The Kier molecular flexibility index (Phi) is 3.77. The van der Waals surface area contributed by atoms with E-state index in [0.717, 1.165) is 15.8 Å². The molecular formula is C13H11FIN.